The molecule has 0 bridgehead atoms. The van der Waals surface area contributed by atoms with E-state index < -0.39 is 0 Å². The summed E-state index contributed by atoms with van der Waals surface area (Å²) in [5, 5.41) is 0.580. The number of unbranched alkanes of at least 4 members (excludes halogenated alkanes) is 3. The van der Waals surface area contributed by atoms with Gasteiger partial charge in [-0.15, -0.1) is 0 Å². The maximum Gasteiger partial charge on any atom is 0.129 e. The van der Waals surface area contributed by atoms with E-state index in [0.717, 1.165) is 0 Å². The highest BCUT2D eigenvalue weighted by Crippen LogP contribution is 2.22. The number of nitrogens with zero attached hydrogens (tertiary/aromatic N) is 1. The normalized spacial score (nSPS) is 12.7. The first-order chi connectivity index (χ1) is 7.24. The largest absolute Gasteiger partial charge is 0.244 e. The van der Waals surface area contributed by atoms with Crippen LogP contribution in [0.15, 0.2) is 18.3 Å². The van der Waals surface area contributed by atoms with E-state index in [9.17, 15) is 0 Å². The van der Waals surface area contributed by atoms with Crippen molar-refractivity contribution in [3.05, 3.63) is 29.0 Å². The molecule has 0 aliphatic heterocycles. The third-order valence-electron chi connectivity index (χ3n) is 2.81. The van der Waals surface area contributed by atoms with Crippen LogP contribution in [0.5, 0.6) is 0 Å². The first-order valence-corrected chi connectivity index (χ1v) is 6.23. The number of halogens is 1. The summed E-state index contributed by atoms with van der Waals surface area (Å²) in [6.07, 6.45) is 8.47. The second-order valence-electron chi connectivity index (χ2n) is 4.16. The minimum Gasteiger partial charge on any atom is -0.244 e. The molecule has 0 amide bonds. The maximum atomic E-state index is 5.75. The van der Waals surface area contributed by atoms with Crippen molar-refractivity contribution in [3.8, 4) is 0 Å². The molecular formula is C13H20ClN. The van der Waals surface area contributed by atoms with Crippen molar-refractivity contribution in [2.45, 2.75) is 51.9 Å². The molecular weight excluding hydrogens is 206 g/mol. The summed E-state index contributed by atoms with van der Waals surface area (Å²) in [7, 11) is 0. The smallest absolute Gasteiger partial charge is 0.129 e. The Morgan fingerprint density at radius 1 is 1.27 bits per heavy atom. The van der Waals surface area contributed by atoms with E-state index in [2.05, 4.69) is 24.9 Å². The van der Waals surface area contributed by atoms with Crippen molar-refractivity contribution in [2.24, 2.45) is 0 Å². The molecule has 0 radical (unpaired) electrons. The lowest BCUT2D eigenvalue weighted by atomic mass is 9.96. The molecule has 0 saturated carbocycles. The molecule has 1 heterocycles. The average molecular weight is 226 g/mol. The SMILES string of the molecule is CCCCCCC(C)c1ccc(Cl)nc1. The molecule has 1 nitrogen and oxygen atoms in total. The lowest BCUT2D eigenvalue weighted by Crippen LogP contribution is -1.94. The van der Waals surface area contributed by atoms with Crippen LogP contribution in [-0.4, -0.2) is 4.98 Å². The third kappa shape index (κ3) is 4.65. The van der Waals surface area contributed by atoms with Gasteiger partial charge in [-0.2, -0.15) is 0 Å². The van der Waals surface area contributed by atoms with Crippen molar-refractivity contribution in [1.29, 1.82) is 0 Å². The molecule has 1 aromatic rings. The van der Waals surface area contributed by atoms with Crippen LogP contribution < -0.4 is 0 Å². The number of pyridine rings is 1. The van der Waals surface area contributed by atoms with Crippen LogP contribution in [0.3, 0.4) is 0 Å². The highest BCUT2D eigenvalue weighted by atomic mass is 35.5. The minimum atomic E-state index is 0.580. The zero-order valence-electron chi connectivity index (χ0n) is 9.67. The molecule has 0 spiro atoms. The van der Waals surface area contributed by atoms with Crippen LogP contribution in [0.4, 0.5) is 0 Å². The highest BCUT2D eigenvalue weighted by molar-refractivity contribution is 6.29. The van der Waals surface area contributed by atoms with Gasteiger partial charge in [0.2, 0.25) is 0 Å². The van der Waals surface area contributed by atoms with Gasteiger partial charge in [0, 0.05) is 6.20 Å². The van der Waals surface area contributed by atoms with E-state index in [0.29, 0.717) is 11.1 Å². The fraction of sp³-hybridized carbons (Fsp3) is 0.615. The van der Waals surface area contributed by atoms with Gasteiger partial charge in [-0.05, 0) is 24.0 Å². The monoisotopic (exact) mass is 225 g/mol. The topological polar surface area (TPSA) is 12.9 Å². The summed E-state index contributed by atoms with van der Waals surface area (Å²) < 4.78 is 0. The summed E-state index contributed by atoms with van der Waals surface area (Å²) in [6.45, 7) is 4.50. The predicted molar refractivity (Wildman–Crippen MR) is 66.4 cm³/mol. The quantitative estimate of drug-likeness (QED) is 0.500. The summed E-state index contributed by atoms with van der Waals surface area (Å²) >= 11 is 5.75. The molecule has 0 fully saturated rings. The summed E-state index contributed by atoms with van der Waals surface area (Å²) in [5.41, 5.74) is 1.30. The van der Waals surface area contributed by atoms with Crippen molar-refractivity contribution in [2.75, 3.05) is 0 Å². The lowest BCUT2D eigenvalue weighted by Gasteiger charge is -2.10. The van der Waals surface area contributed by atoms with Gasteiger partial charge in [0.25, 0.3) is 0 Å². The molecule has 2 heteroatoms. The van der Waals surface area contributed by atoms with Gasteiger partial charge >= 0.3 is 0 Å². The first kappa shape index (κ1) is 12.5. The summed E-state index contributed by atoms with van der Waals surface area (Å²) in [5.74, 6) is 0.603. The highest BCUT2D eigenvalue weighted by Gasteiger charge is 2.05. The molecule has 0 aromatic carbocycles. The molecule has 84 valence electrons. The van der Waals surface area contributed by atoms with E-state index in [4.69, 9.17) is 11.6 Å². The van der Waals surface area contributed by atoms with Crippen molar-refractivity contribution in [3.63, 3.8) is 0 Å². The van der Waals surface area contributed by atoms with Crippen molar-refractivity contribution in [1.82, 2.24) is 4.98 Å². The summed E-state index contributed by atoms with van der Waals surface area (Å²) in [6, 6.07) is 3.96. The fourth-order valence-corrected chi connectivity index (χ4v) is 1.83. The Kier molecular flexibility index (Phi) is 5.70. The van der Waals surface area contributed by atoms with Gasteiger partial charge in [0.15, 0.2) is 0 Å². The Morgan fingerprint density at radius 2 is 2.07 bits per heavy atom. The summed E-state index contributed by atoms with van der Waals surface area (Å²) in [4.78, 5) is 4.11. The Bertz CT molecular complexity index is 268. The Morgan fingerprint density at radius 3 is 2.67 bits per heavy atom. The zero-order valence-corrected chi connectivity index (χ0v) is 10.4. The standard InChI is InChI=1S/C13H20ClN/c1-3-4-5-6-7-11(2)12-8-9-13(14)15-10-12/h8-11H,3-7H2,1-2H3. The van der Waals surface area contributed by atoms with Gasteiger partial charge < -0.3 is 0 Å². The predicted octanol–water partition coefficient (Wildman–Crippen LogP) is 4.81. The number of hydrogen-bond acceptors (Lipinski definition) is 1. The van der Waals surface area contributed by atoms with E-state index in [1.165, 1.54) is 37.7 Å². The molecule has 0 saturated heterocycles. The molecule has 0 aliphatic rings. The Labute approximate surface area is 97.9 Å². The number of rotatable bonds is 6. The molecule has 1 rings (SSSR count). The van der Waals surface area contributed by atoms with Crippen LogP contribution in [0.2, 0.25) is 5.15 Å². The molecule has 1 atom stereocenters. The van der Waals surface area contributed by atoms with Crippen LogP contribution in [-0.2, 0) is 0 Å². The van der Waals surface area contributed by atoms with Gasteiger partial charge in [-0.1, -0.05) is 57.2 Å². The van der Waals surface area contributed by atoms with Crippen molar-refractivity contribution >= 4 is 11.6 Å². The maximum absolute atomic E-state index is 5.75. The fourth-order valence-electron chi connectivity index (χ4n) is 1.72. The Hall–Kier alpha value is -0.560. The van der Waals surface area contributed by atoms with E-state index in [1.807, 2.05) is 12.3 Å². The number of hydrogen-bond donors (Lipinski definition) is 0. The molecule has 1 aromatic heterocycles. The molecule has 0 N–H and O–H groups in total. The number of aromatic nitrogens is 1. The van der Waals surface area contributed by atoms with Gasteiger partial charge in [-0.25, -0.2) is 4.98 Å². The average Bonchev–Trinajstić information content (AvgIpc) is 2.25. The van der Waals surface area contributed by atoms with Gasteiger partial charge in [0.05, 0.1) is 0 Å². The molecule has 1 unspecified atom stereocenters. The molecule has 15 heavy (non-hydrogen) atoms. The Balaban J connectivity index is 2.33. The zero-order chi connectivity index (χ0) is 11.1. The second kappa shape index (κ2) is 6.84. The minimum absolute atomic E-state index is 0.580. The van der Waals surface area contributed by atoms with Crippen LogP contribution in [0.25, 0.3) is 0 Å². The van der Waals surface area contributed by atoms with Gasteiger partial charge in [0.1, 0.15) is 5.15 Å². The molecule has 0 aliphatic carbocycles. The van der Waals surface area contributed by atoms with E-state index >= 15 is 0 Å². The van der Waals surface area contributed by atoms with Gasteiger partial charge in [-0.3, -0.25) is 0 Å². The van der Waals surface area contributed by atoms with Crippen LogP contribution >= 0.6 is 11.6 Å². The first-order valence-electron chi connectivity index (χ1n) is 5.85. The van der Waals surface area contributed by atoms with Crippen LogP contribution in [0.1, 0.15) is 57.4 Å². The van der Waals surface area contributed by atoms with E-state index in [1.54, 1.807) is 0 Å². The van der Waals surface area contributed by atoms with Crippen LogP contribution in [0, 0.1) is 0 Å². The third-order valence-corrected chi connectivity index (χ3v) is 3.03. The van der Waals surface area contributed by atoms with E-state index in [-0.39, 0.29) is 0 Å². The second-order valence-corrected chi connectivity index (χ2v) is 4.55. The van der Waals surface area contributed by atoms with Crippen molar-refractivity contribution < 1.29 is 0 Å². The lowest BCUT2D eigenvalue weighted by molar-refractivity contribution is 0.579.